The van der Waals surface area contributed by atoms with Gasteiger partial charge in [0.15, 0.2) is 5.96 Å². The Hall–Kier alpha value is -1.38. The molecule has 0 amide bonds. The van der Waals surface area contributed by atoms with E-state index >= 15 is 0 Å². The molecule has 0 heterocycles. The molecule has 0 fully saturated rings. The summed E-state index contributed by atoms with van der Waals surface area (Å²) in [5, 5.41) is 17.2. The molecule has 0 bridgehead atoms. The Labute approximate surface area is 61.2 Å². The molecule has 8 heteroatoms. The van der Waals surface area contributed by atoms with Crippen molar-refractivity contribution in [2.45, 2.75) is 5.91 Å². The normalized spacial score (nSPS) is 10.5. The molecule has 0 saturated heterocycles. The molecule has 0 aromatic carbocycles. The number of aliphatic imine (C=N–C) groups is 1. The molecule has 0 atom stereocenters. The fourth-order valence-corrected chi connectivity index (χ4v) is 0.305. The summed E-state index contributed by atoms with van der Waals surface area (Å²) in [4.78, 5) is 16.5. The minimum absolute atomic E-state index is 0.680. The first-order chi connectivity index (χ1) is 4.90. The van der Waals surface area contributed by atoms with Crippen molar-refractivity contribution >= 4 is 11.9 Å². The number of aliphatic hydroxyl groups is 2. The minimum Gasteiger partial charge on any atom is -0.370 e. The van der Waals surface area contributed by atoms with Gasteiger partial charge in [0.2, 0.25) is 0 Å². The predicted octanol–water partition coefficient (Wildman–Crippen LogP) is -3.68. The molecule has 0 spiro atoms. The second-order valence-corrected chi connectivity index (χ2v) is 1.58. The summed E-state index contributed by atoms with van der Waals surface area (Å²) in [6, 6.07) is 0. The topological polar surface area (TPSA) is 157 Å². The van der Waals surface area contributed by atoms with Crippen LogP contribution in [0, 0.1) is 0 Å². The van der Waals surface area contributed by atoms with Crippen LogP contribution < -0.4 is 17.4 Å². The highest BCUT2D eigenvalue weighted by Crippen LogP contribution is 2.01. The number of carbonyl (C=O) groups excluding carboxylic acids is 1. The molecule has 0 rings (SSSR count). The SMILES string of the molecule is NOC(=O)C(O)(O)N=C(N)N. The third kappa shape index (κ3) is 2.80. The van der Waals surface area contributed by atoms with E-state index in [1.165, 1.54) is 0 Å². The number of rotatable bonds is 2. The molecule has 11 heavy (non-hydrogen) atoms. The zero-order valence-electron chi connectivity index (χ0n) is 5.39. The van der Waals surface area contributed by atoms with Crippen molar-refractivity contribution in [3.8, 4) is 0 Å². The maximum atomic E-state index is 10.3. The van der Waals surface area contributed by atoms with Gasteiger partial charge in [-0.15, -0.1) is 0 Å². The van der Waals surface area contributed by atoms with Gasteiger partial charge in [-0.05, 0) is 0 Å². The van der Waals surface area contributed by atoms with Crippen molar-refractivity contribution in [3.05, 3.63) is 0 Å². The van der Waals surface area contributed by atoms with E-state index < -0.39 is 17.8 Å². The van der Waals surface area contributed by atoms with Gasteiger partial charge in [-0.1, -0.05) is 0 Å². The Morgan fingerprint density at radius 3 is 2.18 bits per heavy atom. The van der Waals surface area contributed by atoms with E-state index in [2.05, 4.69) is 15.7 Å². The number of hydrogen-bond acceptors (Lipinski definition) is 6. The zero-order valence-corrected chi connectivity index (χ0v) is 5.39. The van der Waals surface area contributed by atoms with E-state index in [1.54, 1.807) is 0 Å². The Kier molecular flexibility index (Phi) is 2.75. The Morgan fingerprint density at radius 1 is 1.45 bits per heavy atom. The predicted molar refractivity (Wildman–Crippen MR) is 33.3 cm³/mol. The van der Waals surface area contributed by atoms with E-state index in [4.69, 9.17) is 21.7 Å². The molecule has 0 aliphatic rings. The largest absolute Gasteiger partial charge is 0.410 e. The van der Waals surface area contributed by atoms with Crippen LogP contribution in [-0.4, -0.2) is 28.1 Å². The van der Waals surface area contributed by atoms with Crippen LogP contribution in [0.3, 0.4) is 0 Å². The van der Waals surface area contributed by atoms with Crippen LogP contribution in [0.25, 0.3) is 0 Å². The van der Waals surface area contributed by atoms with Crippen molar-refractivity contribution < 1.29 is 19.8 Å². The molecule has 0 aliphatic carbocycles. The van der Waals surface area contributed by atoms with E-state index in [0.29, 0.717) is 0 Å². The highest BCUT2D eigenvalue weighted by molar-refractivity contribution is 5.83. The van der Waals surface area contributed by atoms with E-state index in [-0.39, 0.29) is 0 Å². The molecule has 0 radical (unpaired) electrons. The monoisotopic (exact) mass is 164 g/mol. The summed E-state index contributed by atoms with van der Waals surface area (Å²) in [6.45, 7) is 0. The Balaban J connectivity index is 4.46. The molecule has 8 N–H and O–H groups in total. The first-order valence-corrected chi connectivity index (χ1v) is 2.37. The van der Waals surface area contributed by atoms with Crippen LogP contribution >= 0.6 is 0 Å². The summed E-state index contributed by atoms with van der Waals surface area (Å²) in [5.74, 6) is -1.06. The summed E-state index contributed by atoms with van der Waals surface area (Å²) < 4.78 is 0. The van der Waals surface area contributed by atoms with E-state index in [9.17, 15) is 4.79 Å². The maximum absolute atomic E-state index is 10.3. The van der Waals surface area contributed by atoms with Gasteiger partial charge >= 0.3 is 11.9 Å². The van der Waals surface area contributed by atoms with E-state index in [1.807, 2.05) is 0 Å². The van der Waals surface area contributed by atoms with Gasteiger partial charge in [-0.3, -0.25) is 0 Å². The van der Waals surface area contributed by atoms with Gasteiger partial charge in [0.1, 0.15) is 0 Å². The second kappa shape index (κ2) is 3.14. The first kappa shape index (κ1) is 9.62. The standard InChI is InChI=1S/C3H8N4O4/c4-2(5)7-3(9,10)1(8)11-6/h9-10H,6H2,(H4,4,5,7). The minimum atomic E-state index is -3.12. The zero-order chi connectivity index (χ0) is 9.07. The molecule has 0 aromatic heterocycles. The summed E-state index contributed by atoms with van der Waals surface area (Å²) in [5.41, 5.74) is 9.46. The lowest BCUT2D eigenvalue weighted by Gasteiger charge is -2.11. The van der Waals surface area contributed by atoms with Gasteiger partial charge in [0.05, 0.1) is 0 Å². The Morgan fingerprint density at radius 2 is 1.91 bits per heavy atom. The van der Waals surface area contributed by atoms with Crippen molar-refractivity contribution in [2.75, 3.05) is 0 Å². The van der Waals surface area contributed by atoms with Crippen molar-refractivity contribution in [1.29, 1.82) is 0 Å². The molecule has 0 aliphatic heterocycles. The van der Waals surface area contributed by atoms with Crippen LogP contribution in [0.15, 0.2) is 4.99 Å². The van der Waals surface area contributed by atoms with Gasteiger partial charge in [-0.2, -0.15) is 10.9 Å². The average molecular weight is 164 g/mol. The van der Waals surface area contributed by atoms with Gasteiger partial charge in [-0.25, -0.2) is 4.79 Å². The number of hydrogen-bond donors (Lipinski definition) is 5. The molecular formula is C3H8N4O4. The summed E-state index contributed by atoms with van der Waals surface area (Å²) in [6.07, 6.45) is 0. The number of nitrogens with two attached hydrogens (primary N) is 3. The summed E-state index contributed by atoms with van der Waals surface area (Å²) >= 11 is 0. The van der Waals surface area contributed by atoms with Crippen LogP contribution in [0.5, 0.6) is 0 Å². The number of guanidine groups is 1. The van der Waals surface area contributed by atoms with Crippen LogP contribution in [0.4, 0.5) is 0 Å². The second-order valence-electron chi connectivity index (χ2n) is 1.58. The lowest BCUT2D eigenvalue weighted by Crippen LogP contribution is -2.42. The fourth-order valence-electron chi connectivity index (χ4n) is 0.305. The highest BCUT2D eigenvalue weighted by atomic mass is 16.7. The molecule has 0 unspecified atom stereocenters. The number of nitrogens with zero attached hydrogens (tertiary/aromatic N) is 1. The highest BCUT2D eigenvalue weighted by Gasteiger charge is 2.35. The maximum Gasteiger partial charge on any atom is 0.410 e. The van der Waals surface area contributed by atoms with Crippen LogP contribution in [0.1, 0.15) is 0 Å². The van der Waals surface area contributed by atoms with Crippen molar-refractivity contribution in [2.24, 2.45) is 22.4 Å². The van der Waals surface area contributed by atoms with Crippen molar-refractivity contribution in [1.82, 2.24) is 0 Å². The molecule has 64 valence electrons. The smallest absolute Gasteiger partial charge is 0.370 e. The molecule has 0 saturated carbocycles. The van der Waals surface area contributed by atoms with Gasteiger partial charge < -0.3 is 26.5 Å². The quantitative estimate of drug-likeness (QED) is 0.122. The third-order valence-electron chi connectivity index (χ3n) is 0.666. The van der Waals surface area contributed by atoms with E-state index in [0.717, 1.165) is 0 Å². The Bertz CT molecular complexity index is 184. The first-order valence-electron chi connectivity index (χ1n) is 2.37. The fraction of sp³-hybridized carbons (Fsp3) is 0.333. The summed E-state index contributed by atoms with van der Waals surface area (Å²) in [7, 11) is 0. The van der Waals surface area contributed by atoms with Crippen molar-refractivity contribution in [3.63, 3.8) is 0 Å². The lowest BCUT2D eigenvalue weighted by molar-refractivity contribution is -0.206. The lowest BCUT2D eigenvalue weighted by atomic mass is 10.5. The van der Waals surface area contributed by atoms with Gasteiger partial charge in [0.25, 0.3) is 0 Å². The molecular weight excluding hydrogens is 156 g/mol. The van der Waals surface area contributed by atoms with Gasteiger partial charge in [0, 0.05) is 0 Å². The van der Waals surface area contributed by atoms with Crippen LogP contribution in [0.2, 0.25) is 0 Å². The van der Waals surface area contributed by atoms with Crippen LogP contribution in [-0.2, 0) is 9.63 Å². The number of carbonyl (C=O) groups is 1. The molecule has 0 aromatic rings. The molecule has 8 nitrogen and oxygen atoms in total. The average Bonchev–Trinajstić information content (AvgIpc) is 1.83. The third-order valence-corrected chi connectivity index (χ3v) is 0.666.